The molecule has 2 aromatic heterocycles. The van der Waals surface area contributed by atoms with E-state index in [1.807, 2.05) is 50.2 Å². The van der Waals surface area contributed by atoms with Crippen molar-refractivity contribution in [1.82, 2.24) is 15.0 Å². The minimum absolute atomic E-state index is 0.192. The number of aromatic nitrogens is 3. The molecule has 0 amide bonds. The van der Waals surface area contributed by atoms with Crippen LogP contribution in [0.3, 0.4) is 0 Å². The summed E-state index contributed by atoms with van der Waals surface area (Å²) in [6.45, 7) is 4.32. The van der Waals surface area contributed by atoms with Crippen LogP contribution in [0.15, 0.2) is 42.6 Å². The number of carbonyl (C=O) groups excluding carboxylic acids is 1. The number of benzene rings is 1. The Balaban J connectivity index is 1.55. The minimum atomic E-state index is -0.489. The summed E-state index contributed by atoms with van der Waals surface area (Å²) in [6, 6.07) is 11.6. The Bertz CT molecular complexity index is 852. The smallest absolute Gasteiger partial charge is 0.311 e. The Morgan fingerprint density at radius 2 is 1.96 bits per heavy atom. The van der Waals surface area contributed by atoms with E-state index in [4.69, 9.17) is 9.47 Å². The molecule has 0 saturated heterocycles. The number of H-pyrrole nitrogens is 1. The third kappa shape index (κ3) is 4.02. The van der Waals surface area contributed by atoms with Gasteiger partial charge >= 0.3 is 5.97 Å². The van der Waals surface area contributed by atoms with Gasteiger partial charge in [-0.25, -0.2) is 9.97 Å². The van der Waals surface area contributed by atoms with Gasteiger partial charge in [0.15, 0.2) is 5.65 Å². The number of pyridine rings is 1. The lowest BCUT2D eigenvalue weighted by Crippen LogP contribution is -2.26. The van der Waals surface area contributed by atoms with Crippen molar-refractivity contribution in [3.63, 3.8) is 0 Å². The predicted octanol–water partition coefficient (Wildman–Crippen LogP) is 3.98. The fourth-order valence-corrected chi connectivity index (χ4v) is 2.77. The molecule has 0 fully saturated rings. The first-order valence-electron chi connectivity index (χ1n) is 8.62. The molecule has 2 heterocycles. The molecule has 26 heavy (non-hydrogen) atoms. The Labute approximate surface area is 152 Å². The number of methoxy groups -OCH3 is 1. The third-order valence-corrected chi connectivity index (χ3v) is 4.34. The van der Waals surface area contributed by atoms with Crippen LogP contribution >= 0.6 is 0 Å². The summed E-state index contributed by atoms with van der Waals surface area (Å²) in [5.41, 5.74) is 2.10. The third-order valence-electron chi connectivity index (χ3n) is 4.34. The Hall–Kier alpha value is -2.89. The summed E-state index contributed by atoms with van der Waals surface area (Å²) in [7, 11) is 1.42. The maximum absolute atomic E-state index is 11.7. The molecule has 1 aromatic carbocycles. The lowest BCUT2D eigenvalue weighted by molar-refractivity contribution is -0.151. The van der Waals surface area contributed by atoms with Gasteiger partial charge < -0.3 is 14.5 Å². The molecule has 0 spiro atoms. The summed E-state index contributed by atoms with van der Waals surface area (Å²) in [5, 5.41) is 0. The predicted molar refractivity (Wildman–Crippen MR) is 99.9 cm³/mol. The second-order valence-electron chi connectivity index (χ2n) is 6.81. The number of nitrogens with one attached hydrogen (secondary N) is 1. The van der Waals surface area contributed by atoms with Gasteiger partial charge in [0.25, 0.3) is 0 Å². The van der Waals surface area contributed by atoms with Crippen LogP contribution in [0.4, 0.5) is 0 Å². The largest absolute Gasteiger partial charge is 0.494 e. The van der Waals surface area contributed by atoms with Crippen LogP contribution in [0.5, 0.6) is 5.75 Å². The average molecular weight is 353 g/mol. The van der Waals surface area contributed by atoms with E-state index in [1.54, 1.807) is 6.20 Å². The van der Waals surface area contributed by atoms with E-state index in [9.17, 15) is 4.79 Å². The van der Waals surface area contributed by atoms with Crippen molar-refractivity contribution in [3.05, 3.63) is 42.6 Å². The highest BCUT2D eigenvalue weighted by Gasteiger charge is 2.27. The number of aromatic amines is 1. The molecular formula is C20H23N3O3. The second-order valence-corrected chi connectivity index (χ2v) is 6.81. The van der Waals surface area contributed by atoms with Crippen LogP contribution < -0.4 is 4.74 Å². The van der Waals surface area contributed by atoms with Crippen molar-refractivity contribution >= 4 is 17.1 Å². The zero-order chi connectivity index (χ0) is 18.6. The lowest BCUT2D eigenvalue weighted by atomic mass is 9.88. The van der Waals surface area contributed by atoms with Gasteiger partial charge in [0.05, 0.1) is 19.1 Å². The number of rotatable bonds is 7. The van der Waals surface area contributed by atoms with Gasteiger partial charge in [-0.1, -0.05) is 0 Å². The molecule has 0 atom stereocenters. The van der Waals surface area contributed by atoms with Crippen LogP contribution in [0.1, 0.15) is 26.7 Å². The van der Waals surface area contributed by atoms with Crippen molar-refractivity contribution in [2.24, 2.45) is 5.41 Å². The van der Waals surface area contributed by atoms with E-state index < -0.39 is 5.41 Å². The fraction of sp³-hybridized carbons (Fsp3) is 0.350. The molecule has 0 radical (unpaired) electrons. The van der Waals surface area contributed by atoms with Gasteiger partial charge in [-0.05, 0) is 63.1 Å². The summed E-state index contributed by atoms with van der Waals surface area (Å²) < 4.78 is 10.6. The summed E-state index contributed by atoms with van der Waals surface area (Å²) >= 11 is 0. The first kappa shape index (κ1) is 17.9. The molecule has 1 N–H and O–H groups in total. The maximum Gasteiger partial charge on any atom is 0.311 e. The highest BCUT2D eigenvalue weighted by molar-refractivity contribution is 5.76. The van der Waals surface area contributed by atoms with Gasteiger partial charge in [0.2, 0.25) is 0 Å². The van der Waals surface area contributed by atoms with Gasteiger partial charge in [-0.3, -0.25) is 4.79 Å². The number of fused-ring (bicyclic) bond motifs is 1. The number of imidazole rings is 1. The number of ether oxygens (including phenoxy) is 2. The highest BCUT2D eigenvalue weighted by atomic mass is 16.5. The monoisotopic (exact) mass is 353 g/mol. The normalized spacial score (nSPS) is 11.5. The van der Waals surface area contributed by atoms with E-state index in [1.165, 1.54) is 7.11 Å². The van der Waals surface area contributed by atoms with E-state index in [2.05, 4.69) is 15.0 Å². The number of nitrogens with zero attached hydrogens (tertiary/aromatic N) is 2. The molecular weight excluding hydrogens is 330 g/mol. The minimum Gasteiger partial charge on any atom is -0.494 e. The summed E-state index contributed by atoms with van der Waals surface area (Å²) in [5.74, 6) is 1.38. The summed E-state index contributed by atoms with van der Waals surface area (Å²) in [6.07, 6.45) is 3.23. The summed E-state index contributed by atoms with van der Waals surface area (Å²) in [4.78, 5) is 23.7. The van der Waals surface area contributed by atoms with E-state index >= 15 is 0 Å². The molecule has 136 valence electrons. The highest BCUT2D eigenvalue weighted by Crippen LogP contribution is 2.25. The van der Waals surface area contributed by atoms with E-state index in [0.717, 1.165) is 34.7 Å². The fourth-order valence-electron chi connectivity index (χ4n) is 2.77. The first-order valence-corrected chi connectivity index (χ1v) is 8.62. The van der Waals surface area contributed by atoms with E-state index in [0.29, 0.717) is 13.0 Å². The van der Waals surface area contributed by atoms with Crippen LogP contribution in [0.25, 0.3) is 22.6 Å². The lowest BCUT2D eigenvalue weighted by Gasteiger charge is -2.21. The molecule has 0 aliphatic carbocycles. The van der Waals surface area contributed by atoms with Gasteiger partial charge in [-0.2, -0.15) is 0 Å². The zero-order valence-electron chi connectivity index (χ0n) is 15.3. The first-order chi connectivity index (χ1) is 12.5. The van der Waals surface area contributed by atoms with Crippen molar-refractivity contribution in [2.75, 3.05) is 13.7 Å². The number of hydrogen-bond acceptors (Lipinski definition) is 5. The molecule has 0 bridgehead atoms. The molecule has 6 nitrogen and oxygen atoms in total. The molecule has 0 aliphatic rings. The Morgan fingerprint density at radius 3 is 2.65 bits per heavy atom. The van der Waals surface area contributed by atoms with Gasteiger partial charge in [0.1, 0.15) is 17.1 Å². The molecule has 3 rings (SSSR count). The molecule has 3 aromatic rings. The van der Waals surface area contributed by atoms with Crippen molar-refractivity contribution < 1.29 is 14.3 Å². The van der Waals surface area contributed by atoms with Crippen LogP contribution in [0.2, 0.25) is 0 Å². The van der Waals surface area contributed by atoms with Gasteiger partial charge in [-0.15, -0.1) is 0 Å². The molecule has 0 aliphatic heterocycles. The second kappa shape index (κ2) is 7.56. The number of hydrogen-bond donors (Lipinski definition) is 1. The molecule has 0 unspecified atom stereocenters. The van der Waals surface area contributed by atoms with Gasteiger partial charge in [0, 0.05) is 11.8 Å². The SMILES string of the molecule is COC(=O)C(C)(C)CCCOc1ccc(-c2nc3cccnc3[nH]2)cc1. The van der Waals surface area contributed by atoms with Crippen LogP contribution in [-0.4, -0.2) is 34.6 Å². The Morgan fingerprint density at radius 1 is 1.19 bits per heavy atom. The van der Waals surface area contributed by atoms with E-state index in [-0.39, 0.29) is 5.97 Å². The molecule has 6 heteroatoms. The molecule has 0 saturated carbocycles. The van der Waals surface area contributed by atoms with Crippen molar-refractivity contribution in [1.29, 1.82) is 0 Å². The standard InChI is InChI=1S/C20H23N3O3/c1-20(2,19(24)25-3)11-5-13-26-15-9-7-14(8-10-15)17-22-16-6-4-12-21-18(16)23-17/h4,6-10,12H,5,11,13H2,1-3H3,(H,21,22,23). The van der Waals surface area contributed by atoms with Crippen molar-refractivity contribution in [3.8, 4) is 17.1 Å². The maximum atomic E-state index is 11.7. The zero-order valence-corrected chi connectivity index (χ0v) is 15.3. The number of carbonyl (C=O) groups is 1. The van der Waals surface area contributed by atoms with Crippen molar-refractivity contribution in [2.45, 2.75) is 26.7 Å². The number of esters is 1. The Kier molecular flexibility index (Phi) is 5.21. The average Bonchev–Trinajstić information content (AvgIpc) is 3.09. The van der Waals surface area contributed by atoms with Crippen LogP contribution in [0, 0.1) is 5.41 Å². The van der Waals surface area contributed by atoms with Crippen LogP contribution in [-0.2, 0) is 9.53 Å². The topological polar surface area (TPSA) is 77.1 Å². The quantitative estimate of drug-likeness (QED) is 0.513.